The van der Waals surface area contributed by atoms with E-state index in [-0.39, 0.29) is 19.6 Å². The predicted molar refractivity (Wildman–Crippen MR) is 63.7 cm³/mol. The molecule has 4 nitrogen and oxygen atoms in total. The quantitative estimate of drug-likeness (QED) is 0.734. The fourth-order valence-corrected chi connectivity index (χ4v) is 1.39. The largest absolute Gasteiger partial charge is 0.462 e. The summed E-state index contributed by atoms with van der Waals surface area (Å²) >= 11 is 0. The Morgan fingerprint density at radius 2 is 1.94 bits per heavy atom. The Morgan fingerprint density at radius 3 is 2.53 bits per heavy atom. The highest BCUT2D eigenvalue weighted by molar-refractivity contribution is 5.89. The summed E-state index contributed by atoms with van der Waals surface area (Å²) in [7, 11) is 0. The van der Waals surface area contributed by atoms with E-state index in [0.29, 0.717) is 12.0 Å². The zero-order valence-corrected chi connectivity index (χ0v) is 9.93. The monoisotopic (exact) mass is 238 g/mol. The molecule has 0 fully saturated rings. The van der Waals surface area contributed by atoms with Crippen LogP contribution in [0.2, 0.25) is 0 Å². The molecule has 0 aliphatic heterocycles. The van der Waals surface area contributed by atoms with Gasteiger partial charge in [-0.25, -0.2) is 4.79 Å². The second-order valence-corrected chi connectivity index (χ2v) is 4.22. The van der Waals surface area contributed by atoms with Crippen LogP contribution in [0.3, 0.4) is 0 Å². The number of esters is 1. The Morgan fingerprint density at radius 1 is 1.29 bits per heavy atom. The predicted octanol–water partition coefficient (Wildman–Crippen LogP) is 1.37. The van der Waals surface area contributed by atoms with Crippen LogP contribution in [0.5, 0.6) is 0 Å². The van der Waals surface area contributed by atoms with Gasteiger partial charge < -0.3 is 14.9 Å². The highest BCUT2D eigenvalue weighted by Crippen LogP contribution is 2.14. The molecule has 0 heterocycles. The van der Waals surface area contributed by atoms with Gasteiger partial charge >= 0.3 is 5.97 Å². The van der Waals surface area contributed by atoms with Gasteiger partial charge in [-0.1, -0.05) is 18.2 Å². The lowest BCUT2D eigenvalue weighted by atomic mass is 9.99. The number of hydrogen-bond donors (Lipinski definition) is 2. The topological polar surface area (TPSA) is 66.8 Å². The molecule has 1 atom stereocenters. The molecule has 0 saturated carbocycles. The Balaban J connectivity index is 2.35. The first-order valence-electron chi connectivity index (χ1n) is 5.60. The lowest BCUT2D eigenvalue weighted by Gasteiger charge is -2.21. The third kappa shape index (κ3) is 4.97. The van der Waals surface area contributed by atoms with Crippen molar-refractivity contribution in [1.82, 2.24) is 0 Å². The van der Waals surface area contributed by atoms with Crippen molar-refractivity contribution >= 4 is 5.97 Å². The number of rotatable bonds is 6. The van der Waals surface area contributed by atoms with Gasteiger partial charge in [-0.2, -0.15) is 0 Å². The van der Waals surface area contributed by atoms with Crippen molar-refractivity contribution in [2.45, 2.75) is 25.4 Å². The van der Waals surface area contributed by atoms with E-state index in [4.69, 9.17) is 9.84 Å². The third-order valence-corrected chi connectivity index (χ3v) is 2.53. The number of aliphatic hydroxyl groups excluding tert-OH is 1. The van der Waals surface area contributed by atoms with Crippen molar-refractivity contribution in [3.63, 3.8) is 0 Å². The Labute approximate surface area is 101 Å². The van der Waals surface area contributed by atoms with E-state index in [1.54, 1.807) is 31.2 Å². The summed E-state index contributed by atoms with van der Waals surface area (Å²) in [6, 6.07) is 8.70. The van der Waals surface area contributed by atoms with Gasteiger partial charge in [0.2, 0.25) is 0 Å². The first-order chi connectivity index (χ1) is 8.05. The number of aliphatic hydroxyl groups is 2. The minimum absolute atomic E-state index is 0.0837. The van der Waals surface area contributed by atoms with Crippen molar-refractivity contribution in [3.8, 4) is 0 Å². The van der Waals surface area contributed by atoms with E-state index in [1.165, 1.54) is 0 Å². The maximum Gasteiger partial charge on any atom is 0.338 e. The van der Waals surface area contributed by atoms with E-state index in [9.17, 15) is 9.90 Å². The first-order valence-corrected chi connectivity index (χ1v) is 5.60. The first kappa shape index (κ1) is 13.7. The lowest BCUT2D eigenvalue weighted by molar-refractivity contribution is 0.000920. The third-order valence-electron chi connectivity index (χ3n) is 2.53. The van der Waals surface area contributed by atoms with E-state index in [0.717, 1.165) is 0 Å². The molecule has 1 aromatic carbocycles. The second-order valence-electron chi connectivity index (χ2n) is 4.22. The Hall–Kier alpha value is -1.39. The summed E-state index contributed by atoms with van der Waals surface area (Å²) in [5.41, 5.74) is -0.500. The Bertz CT molecular complexity index is 346. The Kier molecular flexibility index (Phi) is 5.12. The summed E-state index contributed by atoms with van der Waals surface area (Å²) in [5.74, 6) is -0.398. The van der Waals surface area contributed by atoms with Crippen LogP contribution in [0, 0.1) is 0 Å². The van der Waals surface area contributed by atoms with Gasteiger partial charge in [-0.3, -0.25) is 0 Å². The minimum atomic E-state index is -0.994. The molecule has 0 unspecified atom stereocenters. The molecule has 0 aliphatic rings. The molecule has 0 bridgehead atoms. The van der Waals surface area contributed by atoms with Gasteiger partial charge in [-0.15, -0.1) is 0 Å². The van der Waals surface area contributed by atoms with Crippen molar-refractivity contribution in [2.24, 2.45) is 0 Å². The van der Waals surface area contributed by atoms with Crippen LogP contribution < -0.4 is 0 Å². The number of benzene rings is 1. The van der Waals surface area contributed by atoms with Crippen LogP contribution >= 0.6 is 0 Å². The summed E-state index contributed by atoms with van der Waals surface area (Å²) < 4.78 is 5.03. The van der Waals surface area contributed by atoms with Crippen molar-refractivity contribution in [1.29, 1.82) is 0 Å². The number of ether oxygens (including phenoxy) is 1. The van der Waals surface area contributed by atoms with Crippen molar-refractivity contribution in [3.05, 3.63) is 35.9 Å². The highest BCUT2D eigenvalue weighted by Gasteiger charge is 2.20. The number of hydrogen-bond acceptors (Lipinski definition) is 4. The van der Waals surface area contributed by atoms with Gasteiger partial charge in [-0.05, 0) is 25.5 Å². The molecule has 17 heavy (non-hydrogen) atoms. The molecule has 2 N–H and O–H groups in total. The zero-order valence-electron chi connectivity index (χ0n) is 9.93. The summed E-state index contributed by atoms with van der Waals surface area (Å²) in [6.07, 6.45) is 0.585. The van der Waals surface area contributed by atoms with Crippen LogP contribution in [0.1, 0.15) is 30.1 Å². The molecule has 0 aliphatic carbocycles. The molecule has 0 saturated heterocycles. The van der Waals surface area contributed by atoms with E-state index in [1.807, 2.05) is 6.07 Å². The molecule has 94 valence electrons. The molecule has 0 aromatic heterocycles. The van der Waals surface area contributed by atoms with Crippen LogP contribution in [-0.4, -0.2) is 35.0 Å². The summed E-state index contributed by atoms with van der Waals surface area (Å²) in [5, 5.41) is 18.5. The lowest BCUT2D eigenvalue weighted by Crippen LogP contribution is -2.28. The molecule has 0 amide bonds. The van der Waals surface area contributed by atoms with Crippen LogP contribution in [0.25, 0.3) is 0 Å². The summed E-state index contributed by atoms with van der Waals surface area (Å²) in [4.78, 5) is 11.5. The average Bonchev–Trinajstić information content (AvgIpc) is 2.29. The van der Waals surface area contributed by atoms with E-state index in [2.05, 4.69) is 0 Å². The number of carbonyl (C=O) groups excluding carboxylic acids is 1. The molecule has 1 rings (SSSR count). The smallest absolute Gasteiger partial charge is 0.338 e. The zero-order chi connectivity index (χ0) is 12.7. The van der Waals surface area contributed by atoms with Gasteiger partial charge in [0.05, 0.1) is 17.8 Å². The van der Waals surface area contributed by atoms with Crippen molar-refractivity contribution in [2.75, 3.05) is 13.2 Å². The van der Waals surface area contributed by atoms with Gasteiger partial charge in [0.25, 0.3) is 0 Å². The SMILES string of the molecule is C[C@@](O)(CCO)CCOC(=O)c1ccccc1. The number of carbonyl (C=O) groups is 1. The van der Waals surface area contributed by atoms with Crippen LogP contribution in [0.15, 0.2) is 30.3 Å². The molecular weight excluding hydrogens is 220 g/mol. The van der Waals surface area contributed by atoms with Crippen LogP contribution in [0.4, 0.5) is 0 Å². The average molecular weight is 238 g/mol. The molecule has 4 heteroatoms. The normalized spacial score (nSPS) is 14.1. The molecule has 1 aromatic rings. The van der Waals surface area contributed by atoms with Crippen LogP contribution in [-0.2, 0) is 4.74 Å². The van der Waals surface area contributed by atoms with Crippen molar-refractivity contribution < 1.29 is 19.7 Å². The van der Waals surface area contributed by atoms with Gasteiger partial charge in [0.15, 0.2) is 0 Å². The minimum Gasteiger partial charge on any atom is -0.462 e. The maximum absolute atomic E-state index is 11.5. The van der Waals surface area contributed by atoms with Gasteiger partial charge in [0.1, 0.15) is 0 Å². The standard InChI is InChI=1S/C13H18O4/c1-13(16,7-9-14)8-10-17-12(15)11-5-3-2-4-6-11/h2-6,14,16H,7-10H2,1H3/t13-/m1/s1. The molecular formula is C13H18O4. The fourth-order valence-electron chi connectivity index (χ4n) is 1.39. The second kappa shape index (κ2) is 6.37. The fraction of sp³-hybridized carbons (Fsp3) is 0.462. The van der Waals surface area contributed by atoms with E-state index < -0.39 is 11.6 Å². The van der Waals surface area contributed by atoms with Gasteiger partial charge in [0, 0.05) is 13.0 Å². The van der Waals surface area contributed by atoms with E-state index >= 15 is 0 Å². The molecule has 0 radical (unpaired) electrons. The molecule has 0 spiro atoms. The maximum atomic E-state index is 11.5. The summed E-state index contributed by atoms with van der Waals surface area (Å²) in [6.45, 7) is 1.67. The highest BCUT2D eigenvalue weighted by atomic mass is 16.5.